The molecule has 0 unspecified atom stereocenters. The van der Waals surface area contributed by atoms with E-state index in [-0.39, 0.29) is 0 Å². The minimum Gasteiger partial charge on any atom is -0.477 e. The van der Waals surface area contributed by atoms with Gasteiger partial charge in [0.25, 0.3) is 0 Å². The number of fused-ring (bicyclic) bond motifs is 1. The van der Waals surface area contributed by atoms with Gasteiger partial charge in [0.15, 0.2) is 6.29 Å². The minimum atomic E-state index is 0.592. The van der Waals surface area contributed by atoms with Crippen LogP contribution < -0.4 is 4.74 Å². The summed E-state index contributed by atoms with van der Waals surface area (Å²) in [6, 6.07) is 0. The largest absolute Gasteiger partial charge is 0.477 e. The number of hydrogen-bond donors (Lipinski definition) is 0. The molecule has 0 radical (unpaired) electrons. The second-order valence-electron chi connectivity index (χ2n) is 2.85. The number of carbonyl (C=O) groups excluding carboxylic acids is 1. The first-order chi connectivity index (χ1) is 5.83. The quantitative estimate of drug-likeness (QED) is 0.579. The first-order valence-electron chi connectivity index (χ1n) is 3.98. The average Bonchev–Trinajstić information content (AvgIpc) is 2.40. The van der Waals surface area contributed by atoms with Gasteiger partial charge in [-0.15, -0.1) is 0 Å². The molecule has 0 atom stereocenters. The van der Waals surface area contributed by atoms with E-state index in [0.717, 1.165) is 24.9 Å². The monoisotopic (exact) mass is 166 g/mol. The van der Waals surface area contributed by atoms with Crippen LogP contribution in [0.25, 0.3) is 0 Å². The van der Waals surface area contributed by atoms with Gasteiger partial charge in [-0.2, -0.15) is 5.10 Å². The van der Waals surface area contributed by atoms with E-state index in [4.69, 9.17) is 4.74 Å². The average molecular weight is 166 g/mol. The SMILES string of the molecule is Cc1nn2c(c1C=O)OCCC2. The summed E-state index contributed by atoms with van der Waals surface area (Å²) in [6.07, 6.45) is 1.77. The van der Waals surface area contributed by atoms with Gasteiger partial charge >= 0.3 is 0 Å². The third-order valence-electron chi connectivity index (χ3n) is 2.00. The van der Waals surface area contributed by atoms with Gasteiger partial charge in [0.2, 0.25) is 5.88 Å². The van der Waals surface area contributed by atoms with E-state index < -0.39 is 0 Å². The highest BCUT2D eigenvalue weighted by atomic mass is 16.5. The number of aromatic nitrogens is 2. The highest BCUT2D eigenvalue weighted by Crippen LogP contribution is 2.23. The van der Waals surface area contributed by atoms with Crippen LogP contribution in [0.15, 0.2) is 0 Å². The van der Waals surface area contributed by atoms with E-state index in [1.165, 1.54) is 0 Å². The molecule has 0 bridgehead atoms. The third kappa shape index (κ3) is 0.913. The van der Waals surface area contributed by atoms with Gasteiger partial charge in [0.1, 0.15) is 0 Å². The van der Waals surface area contributed by atoms with Crippen LogP contribution in [-0.2, 0) is 6.54 Å². The summed E-state index contributed by atoms with van der Waals surface area (Å²) in [6.45, 7) is 3.36. The number of hydrogen-bond acceptors (Lipinski definition) is 3. The second kappa shape index (κ2) is 2.62. The van der Waals surface area contributed by atoms with Gasteiger partial charge < -0.3 is 4.74 Å². The third-order valence-corrected chi connectivity index (χ3v) is 2.00. The lowest BCUT2D eigenvalue weighted by Gasteiger charge is -2.14. The van der Waals surface area contributed by atoms with Crippen molar-refractivity contribution in [3.63, 3.8) is 0 Å². The summed E-state index contributed by atoms with van der Waals surface area (Å²) in [5, 5.41) is 4.18. The van der Waals surface area contributed by atoms with E-state index in [2.05, 4.69) is 5.10 Å². The molecular formula is C8H10N2O2. The van der Waals surface area contributed by atoms with Gasteiger partial charge in [-0.25, -0.2) is 4.68 Å². The Kier molecular flexibility index (Phi) is 1.60. The summed E-state index contributed by atoms with van der Waals surface area (Å²) in [7, 11) is 0. The van der Waals surface area contributed by atoms with Crippen LogP contribution in [0.5, 0.6) is 5.88 Å². The maximum Gasteiger partial charge on any atom is 0.222 e. The molecule has 0 N–H and O–H groups in total. The summed E-state index contributed by atoms with van der Waals surface area (Å²) in [5.41, 5.74) is 1.34. The summed E-state index contributed by atoms with van der Waals surface area (Å²) >= 11 is 0. The normalized spacial score (nSPS) is 15.1. The number of carbonyl (C=O) groups is 1. The van der Waals surface area contributed by atoms with E-state index in [0.29, 0.717) is 18.1 Å². The second-order valence-corrected chi connectivity index (χ2v) is 2.85. The van der Waals surface area contributed by atoms with Crippen molar-refractivity contribution < 1.29 is 9.53 Å². The number of aldehydes is 1. The topological polar surface area (TPSA) is 44.1 Å². The minimum absolute atomic E-state index is 0.592. The molecule has 0 aliphatic carbocycles. The van der Waals surface area contributed by atoms with E-state index >= 15 is 0 Å². The zero-order valence-electron chi connectivity index (χ0n) is 6.91. The van der Waals surface area contributed by atoms with Crippen molar-refractivity contribution in [3.8, 4) is 5.88 Å². The zero-order chi connectivity index (χ0) is 8.55. The van der Waals surface area contributed by atoms with Crippen molar-refractivity contribution >= 4 is 6.29 Å². The predicted octanol–water partition coefficient (Wildman–Crippen LogP) is 0.787. The molecule has 12 heavy (non-hydrogen) atoms. The molecule has 1 aliphatic heterocycles. The Balaban J connectivity index is 2.53. The molecular weight excluding hydrogens is 156 g/mol. The van der Waals surface area contributed by atoms with Gasteiger partial charge in [0, 0.05) is 13.0 Å². The Hall–Kier alpha value is -1.32. The highest BCUT2D eigenvalue weighted by molar-refractivity contribution is 5.80. The summed E-state index contributed by atoms with van der Waals surface area (Å²) in [5.74, 6) is 0.633. The fourth-order valence-corrected chi connectivity index (χ4v) is 1.40. The lowest BCUT2D eigenvalue weighted by atomic mass is 10.3. The molecule has 1 aromatic heterocycles. The number of nitrogens with zero attached hydrogens (tertiary/aromatic N) is 2. The maximum atomic E-state index is 10.6. The molecule has 0 spiro atoms. The molecule has 2 rings (SSSR count). The molecule has 0 saturated carbocycles. The fourth-order valence-electron chi connectivity index (χ4n) is 1.40. The van der Waals surface area contributed by atoms with Crippen LogP contribution in [0.3, 0.4) is 0 Å². The van der Waals surface area contributed by atoms with Crippen LogP contribution in [0.2, 0.25) is 0 Å². The predicted molar refractivity (Wildman–Crippen MR) is 42.5 cm³/mol. The maximum absolute atomic E-state index is 10.6. The number of rotatable bonds is 1. The van der Waals surface area contributed by atoms with Crippen LogP contribution in [-0.4, -0.2) is 22.7 Å². The van der Waals surface area contributed by atoms with Gasteiger partial charge in [-0.3, -0.25) is 4.79 Å². The molecule has 64 valence electrons. The molecule has 0 fully saturated rings. The molecule has 4 nitrogen and oxygen atoms in total. The zero-order valence-corrected chi connectivity index (χ0v) is 6.91. The van der Waals surface area contributed by atoms with Gasteiger partial charge in [-0.1, -0.05) is 0 Å². The van der Waals surface area contributed by atoms with Crippen LogP contribution >= 0.6 is 0 Å². The van der Waals surface area contributed by atoms with Gasteiger partial charge in [-0.05, 0) is 6.92 Å². The van der Waals surface area contributed by atoms with Crippen molar-refractivity contribution in [2.45, 2.75) is 19.9 Å². The Morgan fingerprint density at radius 3 is 3.25 bits per heavy atom. The first-order valence-corrected chi connectivity index (χ1v) is 3.98. The molecule has 0 aromatic carbocycles. The fraction of sp³-hybridized carbons (Fsp3) is 0.500. The Bertz CT molecular complexity index is 317. The summed E-state index contributed by atoms with van der Waals surface area (Å²) in [4.78, 5) is 10.6. The number of ether oxygens (including phenoxy) is 1. The van der Waals surface area contributed by atoms with Crippen molar-refractivity contribution in [1.82, 2.24) is 9.78 Å². The van der Waals surface area contributed by atoms with Crippen LogP contribution in [0.4, 0.5) is 0 Å². The molecule has 4 heteroatoms. The molecule has 1 aliphatic rings. The molecule has 0 amide bonds. The Labute approximate surface area is 70.1 Å². The molecule has 1 aromatic rings. The molecule has 2 heterocycles. The summed E-state index contributed by atoms with van der Waals surface area (Å²) < 4.78 is 7.09. The first kappa shape index (κ1) is 7.34. The highest BCUT2D eigenvalue weighted by Gasteiger charge is 2.18. The van der Waals surface area contributed by atoms with E-state index in [1.807, 2.05) is 6.92 Å². The van der Waals surface area contributed by atoms with Crippen molar-refractivity contribution in [1.29, 1.82) is 0 Å². The van der Waals surface area contributed by atoms with Crippen LogP contribution in [0, 0.1) is 6.92 Å². The van der Waals surface area contributed by atoms with Crippen molar-refractivity contribution in [2.24, 2.45) is 0 Å². The van der Waals surface area contributed by atoms with E-state index in [9.17, 15) is 4.79 Å². The Morgan fingerprint density at radius 2 is 2.50 bits per heavy atom. The molecule has 0 saturated heterocycles. The van der Waals surface area contributed by atoms with E-state index in [1.54, 1.807) is 4.68 Å². The van der Waals surface area contributed by atoms with Crippen molar-refractivity contribution in [3.05, 3.63) is 11.3 Å². The number of aryl methyl sites for hydroxylation is 2. The Morgan fingerprint density at radius 1 is 1.67 bits per heavy atom. The van der Waals surface area contributed by atoms with Crippen molar-refractivity contribution in [2.75, 3.05) is 6.61 Å². The standard InChI is InChI=1S/C8H10N2O2/c1-6-7(5-11)8-10(9-6)3-2-4-12-8/h5H,2-4H2,1H3. The van der Waals surface area contributed by atoms with Crippen LogP contribution in [0.1, 0.15) is 22.5 Å². The lowest BCUT2D eigenvalue weighted by Crippen LogP contribution is -2.15. The smallest absolute Gasteiger partial charge is 0.222 e. The lowest BCUT2D eigenvalue weighted by molar-refractivity contribution is 0.111. The van der Waals surface area contributed by atoms with Gasteiger partial charge in [0.05, 0.1) is 17.9 Å².